The third kappa shape index (κ3) is 14.9. The molecule has 386 valence electrons. The number of nitrogens with zero attached hydrogens (tertiary/aromatic N) is 2. The van der Waals surface area contributed by atoms with E-state index < -0.39 is 35.1 Å². The molecule has 0 bridgehead atoms. The fourth-order valence-electron chi connectivity index (χ4n) is 7.54. The smallest absolute Gasteiger partial charge is 0.408 e. The van der Waals surface area contributed by atoms with Crippen LogP contribution in [-0.4, -0.2) is 116 Å². The molecule has 0 aromatic heterocycles. The number of hydrogen-bond donors (Lipinski definition) is 5. The number of hydrogen-bond acceptors (Lipinski definition) is 13. The minimum absolute atomic E-state index is 0.0782. The second-order valence-electron chi connectivity index (χ2n) is 16.3. The van der Waals surface area contributed by atoms with Gasteiger partial charge < -0.3 is 49.0 Å². The van der Waals surface area contributed by atoms with Crippen molar-refractivity contribution in [3.63, 3.8) is 0 Å². The molecular formula is C54H53I2N5O13. The number of alkyl carbamates (subject to hydrolysis) is 1. The molecular weight excluding hydrogens is 1180 g/mol. The molecule has 3 heterocycles. The molecule has 1 saturated heterocycles. The first-order valence-electron chi connectivity index (χ1n) is 22.3. The fraction of sp³-hybridized carbons (Fsp3) is 0.259. The lowest BCUT2D eigenvalue weighted by Crippen LogP contribution is -2.60. The van der Waals surface area contributed by atoms with Crippen LogP contribution in [0.15, 0.2) is 109 Å². The lowest BCUT2D eigenvalue weighted by atomic mass is 9.99. The third-order valence-corrected chi connectivity index (χ3v) is 12.6. The van der Waals surface area contributed by atoms with Gasteiger partial charge in [-0.15, -0.1) is 6.42 Å². The average molecular weight is 1230 g/mol. The molecule has 8 rings (SSSR count). The number of fused-ring (bicyclic) bond motifs is 2. The van der Waals surface area contributed by atoms with E-state index in [2.05, 4.69) is 83.6 Å². The molecule has 3 aliphatic heterocycles. The molecule has 74 heavy (non-hydrogen) atoms. The summed E-state index contributed by atoms with van der Waals surface area (Å²) in [4.78, 5) is 76.8. The van der Waals surface area contributed by atoms with Crippen LogP contribution in [0.5, 0.6) is 11.5 Å². The van der Waals surface area contributed by atoms with E-state index in [-0.39, 0.29) is 44.7 Å². The highest BCUT2D eigenvalue weighted by Crippen LogP contribution is 2.30. The maximum absolute atomic E-state index is 12.9. The van der Waals surface area contributed by atoms with Crippen molar-refractivity contribution < 1.29 is 62.7 Å². The summed E-state index contributed by atoms with van der Waals surface area (Å²) in [6.45, 7) is 0.914. The van der Waals surface area contributed by atoms with Gasteiger partial charge in [0.2, 0.25) is 11.1 Å². The number of terminal acetylenes is 1. The van der Waals surface area contributed by atoms with Crippen LogP contribution in [-0.2, 0) is 56.7 Å². The van der Waals surface area contributed by atoms with Crippen molar-refractivity contribution in [2.24, 2.45) is 0 Å². The molecule has 20 heteroatoms. The number of aliphatic hydroxyl groups excluding tert-OH is 2. The third-order valence-electron chi connectivity index (χ3n) is 11.3. The van der Waals surface area contributed by atoms with E-state index >= 15 is 0 Å². The number of ether oxygens (including phenoxy) is 5. The number of methoxy groups -OCH3 is 5. The van der Waals surface area contributed by atoms with Gasteiger partial charge >= 0.3 is 18.1 Å². The second kappa shape index (κ2) is 27.2. The van der Waals surface area contributed by atoms with Crippen LogP contribution < -0.4 is 25.4 Å². The molecule has 6 amide bonds. The Hall–Kier alpha value is -7.22. The van der Waals surface area contributed by atoms with Gasteiger partial charge in [0.05, 0.1) is 61.3 Å². The van der Waals surface area contributed by atoms with Crippen molar-refractivity contribution in [2.75, 3.05) is 48.6 Å². The van der Waals surface area contributed by atoms with Crippen LogP contribution in [0.25, 0.3) is 0 Å². The fourth-order valence-corrected chi connectivity index (χ4v) is 8.76. The maximum atomic E-state index is 12.9. The predicted octanol–water partition coefficient (Wildman–Crippen LogP) is 5.55. The maximum Gasteiger partial charge on any atom is 0.408 e. The average Bonchev–Trinajstić information content (AvgIpc) is 4.00. The molecule has 5 N–H and O–H groups in total. The van der Waals surface area contributed by atoms with E-state index in [1.165, 1.54) is 31.2 Å². The lowest BCUT2D eigenvalue weighted by Gasteiger charge is -2.30. The van der Waals surface area contributed by atoms with Crippen molar-refractivity contribution in [2.45, 2.75) is 44.0 Å². The number of benzene rings is 5. The van der Waals surface area contributed by atoms with Gasteiger partial charge in [-0.2, -0.15) is 0 Å². The number of halogens is 2. The highest BCUT2D eigenvalue weighted by molar-refractivity contribution is 14.1. The number of amides is 6. The summed E-state index contributed by atoms with van der Waals surface area (Å²) in [5, 5.41) is 24.4. The van der Waals surface area contributed by atoms with E-state index in [1.54, 1.807) is 43.5 Å². The summed E-state index contributed by atoms with van der Waals surface area (Å²) in [6, 6.07) is 32.7. The van der Waals surface area contributed by atoms with Crippen LogP contribution >= 0.6 is 45.2 Å². The van der Waals surface area contributed by atoms with E-state index in [1.807, 2.05) is 72.8 Å². The zero-order chi connectivity index (χ0) is 54.0. The van der Waals surface area contributed by atoms with Gasteiger partial charge in [-0.05, 0) is 134 Å². The summed E-state index contributed by atoms with van der Waals surface area (Å²) in [6.07, 6.45) is 4.57. The van der Waals surface area contributed by atoms with Gasteiger partial charge in [0.25, 0.3) is 17.7 Å². The molecule has 5 aromatic carbocycles. The summed E-state index contributed by atoms with van der Waals surface area (Å²) >= 11 is 4.44. The van der Waals surface area contributed by atoms with Gasteiger partial charge in [-0.3, -0.25) is 25.0 Å². The Bertz CT molecular complexity index is 2940. The Morgan fingerprint density at radius 2 is 1.27 bits per heavy atom. The number of nitrogens with one attached hydrogen (secondary N) is 3. The van der Waals surface area contributed by atoms with Crippen molar-refractivity contribution in [3.8, 4) is 35.7 Å². The monoisotopic (exact) mass is 1230 g/mol. The highest BCUT2D eigenvalue weighted by Gasteiger charge is 2.49. The first kappa shape index (κ1) is 57.7. The highest BCUT2D eigenvalue weighted by atomic mass is 127. The molecule has 0 saturated carbocycles. The lowest BCUT2D eigenvalue weighted by molar-refractivity contribution is -0.146. The Kier molecular flexibility index (Phi) is 21.2. The number of imide groups is 1. The van der Waals surface area contributed by atoms with Crippen LogP contribution in [0.3, 0.4) is 0 Å². The molecule has 1 fully saturated rings. The minimum atomic E-state index is -1.86. The zero-order valence-corrected chi connectivity index (χ0v) is 45.3. The normalized spacial score (nSPS) is 15.5. The topological polar surface area (TPSA) is 232 Å². The van der Waals surface area contributed by atoms with E-state index in [0.717, 1.165) is 42.0 Å². The van der Waals surface area contributed by atoms with Gasteiger partial charge in [0.15, 0.2) is 0 Å². The van der Waals surface area contributed by atoms with Gasteiger partial charge in [0, 0.05) is 44.0 Å². The zero-order valence-electron chi connectivity index (χ0n) is 41.0. The summed E-state index contributed by atoms with van der Waals surface area (Å²) in [5.74, 6) is 7.18. The number of aliphatic hydroxyl groups is 2. The molecule has 2 atom stereocenters. The Balaban J connectivity index is 0.000000208. The summed E-state index contributed by atoms with van der Waals surface area (Å²) in [7, 11) is 6.91. The molecule has 0 unspecified atom stereocenters. The molecule has 0 radical (unpaired) electrons. The van der Waals surface area contributed by atoms with Crippen LogP contribution in [0.4, 0.5) is 9.59 Å². The number of esters is 1. The Morgan fingerprint density at radius 1 is 0.730 bits per heavy atom. The Morgan fingerprint density at radius 3 is 1.73 bits per heavy atom. The number of urea groups is 1. The molecule has 0 spiro atoms. The van der Waals surface area contributed by atoms with Crippen molar-refractivity contribution in [3.05, 3.63) is 161 Å². The van der Waals surface area contributed by atoms with E-state index in [0.29, 0.717) is 41.3 Å². The van der Waals surface area contributed by atoms with Crippen molar-refractivity contribution in [1.82, 2.24) is 25.8 Å². The first-order valence-corrected chi connectivity index (χ1v) is 24.5. The van der Waals surface area contributed by atoms with Crippen molar-refractivity contribution in [1.29, 1.82) is 0 Å². The second-order valence-corrected chi connectivity index (χ2v) is 18.8. The van der Waals surface area contributed by atoms with Crippen molar-refractivity contribution >= 4 is 81.0 Å². The van der Waals surface area contributed by atoms with Gasteiger partial charge in [-0.1, -0.05) is 66.3 Å². The quantitative estimate of drug-likeness (QED) is 0.0448. The van der Waals surface area contributed by atoms with Gasteiger partial charge in [-0.25, -0.2) is 14.4 Å². The predicted molar refractivity (Wildman–Crippen MR) is 288 cm³/mol. The standard InChI is InChI=1S/C23H21N3O5.C17H18N2O6.2C7H7IO/c1-30-13-16-5-3-4-15(10-16)8-9-23(21(28)24-22(29)25-23)14-26-12-17-6-7-18(31-2)11-19(17)20(26)27;1-5-17(15(21)24-3,18-16(22)25-4)10-19-9-11-6-7-12(23-2)8-13(11)14(19)20;2*8-7-3-1-2-6(4-7)5-9/h3-7,10-11H,12-14H2,1-2H3,(H2,24,25,28,29);1,6-8H,9-10H2,2-4H3,(H,18,22);2*1-4,9H,5H2/t23-;17-;;/m11../s1. The molecule has 5 aromatic rings. The van der Waals surface area contributed by atoms with Crippen LogP contribution in [0, 0.1) is 31.3 Å². The van der Waals surface area contributed by atoms with E-state index in [9.17, 15) is 28.8 Å². The first-order chi connectivity index (χ1) is 35.5. The number of carbonyl (C=O) groups is 6. The Labute approximate surface area is 455 Å². The molecule has 0 aliphatic carbocycles. The number of carbonyl (C=O) groups excluding carboxylic acids is 6. The van der Waals surface area contributed by atoms with Crippen LogP contribution in [0.2, 0.25) is 0 Å². The SMILES string of the molecule is C#C[C@](CN1Cc2ccc(OC)cc2C1=O)(NC(=O)OC)C(=O)OC.COCc1cccc(C#C[C@]2(CN3Cc4ccc(OC)cc4C3=O)NC(=O)NC2=O)c1.OCc1cccc(I)c1.OCc1cccc(I)c1. The number of rotatable bonds is 12. The summed E-state index contributed by atoms with van der Waals surface area (Å²) in [5.41, 5.74) is 2.70. The largest absolute Gasteiger partial charge is 0.497 e. The van der Waals surface area contributed by atoms with E-state index in [4.69, 9.17) is 35.6 Å². The minimum Gasteiger partial charge on any atom is -0.497 e. The molecule has 3 aliphatic rings. The summed E-state index contributed by atoms with van der Waals surface area (Å²) < 4.78 is 27.0. The van der Waals surface area contributed by atoms with Gasteiger partial charge in [0.1, 0.15) is 11.5 Å². The molecule has 18 nitrogen and oxygen atoms in total. The van der Waals surface area contributed by atoms with Crippen LogP contribution in [0.1, 0.15) is 54.1 Å².